The molecule has 2 aromatic rings. The van der Waals surface area contributed by atoms with Gasteiger partial charge in [-0.3, -0.25) is 15.6 Å². The second-order valence-electron chi connectivity index (χ2n) is 6.58. The summed E-state index contributed by atoms with van der Waals surface area (Å²) >= 11 is 5.16. The van der Waals surface area contributed by atoms with Gasteiger partial charge in [0.05, 0.1) is 22.6 Å². The molecule has 0 atom stereocenters. The summed E-state index contributed by atoms with van der Waals surface area (Å²) in [6.07, 6.45) is 0. The van der Waals surface area contributed by atoms with E-state index in [2.05, 4.69) is 21.3 Å². The van der Waals surface area contributed by atoms with Crippen LogP contribution in [0.4, 0.5) is 0 Å². The average molecular weight is 345 g/mol. The third-order valence-electron chi connectivity index (χ3n) is 3.30. The first kappa shape index (κ1) is 17.9. The summed E-state index contributed by atoms with van der Waals surface area (Å²) in [6, 6.07) is 9.70. The Kier molecular flexibility index (Phi) is 5.23. The van der Waals surface area contributed by atoms with Gasteiger partial charge in [-0.05, 0) is 59.0 Å². The van der Waals surface area contributed by atoms with Crippen LogP contribution >= 0.6 is 12.2 Å². The number of hydrazine groups is 1. The number of hydrogen-bond acceptors (Lipinski definition) is 3. The van der Waals surface area contributed by atoms with Gasteiger partial charge in [-0.2, -0.15) is 5.10 Å². The molecule has 0 saturated heterocycles. The number of aryl methyl sites for hydroxylation is 1. The van der Waals surface area contributed by atoms with E-state index in [0.29, 0.717) is 16.4 Å². The van der Waals surface area contributed by atoms with Gasteiger partial charge in [0.25, 0.3) is 5.91 Å². The van der Waals surface area contributed by atoms with Crippen LogP contribution in [0.1, 0.15) is 42.5 Å². The van der Waals surface area contributed by atoms with E-state index in [-0.39, 0.29) is 11.4 Å². The van der Waals surface area contributed by atoms with Gasteiger partial charge in [-0.1, -0.05) is 18.2 Å². The van der Waals surface area contributed by atoms with Gasteiger partial charge < -0.3 is 5.32 Å². The van der Waals surface area contributed by atoms with Gasteiger partial charge in [0.1, 0.15) is 0 Å². The molecule has 1 aromatic carbocycles. The summed E-state index contributed by atoms with van der Waals surface area (Å²) < 4.78 is 1.76. The van der Waals surface area contributed by atoms with Crippen molar-refractivity contribution < 1.29 is 4.79 Å². The number of nitrogens with one attached hydrogen (secondary N) is 3. The van der Waals surface area contributed by atoms with E-state index in [1.54, 1.807) is 4.68 Å². The van der Waals surface area contributed by atoms with Crippen molar-refractivity contribution in [3.8, 4) is 5.69 Å². The van der Waals surface area contributed by atoms with Gasteiger partial charge in [0, 0.05) is 5.54 Å². The molecule has 0 fully saturated rings. The van der Waals surface area contributed by atoms with Crippen molar-refractivity contribution in [1.82, 2.24) is 25.9 Å². The maximum absolute atomic E-state index is 12.5. The predicted octanol–water partition coefficient (Wildman–Crippen LogP) is 2.40. The monoisotopic (exact) mass is 345 g/mol. The van der Waals surface area contributed by atoms with Crippen LogP contribution in [-0.4, -0.2) is 26.3 Å². The van der Waals surface area contributed by atoms with Gasteiger partial charge in [-0.25, -0.2) is 4.68 Å². The Morgan fingerprint density at radius 3 is 2.33 bits per heavy atom. The fourth-order valence-electron chi connectivity index (χ4n) is 2.34. The Morgan fingerprint density at radius 2 is 1.75 bits per heavy atom. The molecule has 1 aromatic heterocycles. The molecule has 7 heteroatoms. The first-order valence-corrected chi connectivity index (χ1v) is 8.10. The molecule has 2 rings (SSSR count). The Balaban J connectivity index is 2.13. The topological polar surface area (TPSA) is 71.0 Å². The van der Waals surface area contributed by atoms with Crippen LogP contribution in [0.15, 0.2) is 30.3 Å². The molecule has 0 aliphatic heterocycles. The third kappa shape index (κ3) is 4.32. The molecule has 0 bridgehead atoms. The summed E-state index contributed by atoms with van der Waals surface area (Å²) in [4.78, 5) is 12.5. The summed E-state index contributed by atoms with van der Waals surface area (Å²) in [6.45, 7) is 9.64. The number of aromatic nitrogens is 2. The van der Waals surface area contributed by atoms with Crippen molar-refractivity contribution in [2.75, 3.05) is 0 Å². The zero-order valence-electron chi connectivity index (χ0n) is 14.6. The van der Waals surface area contributed by atoms with Crippen molar-refractivity contribution in [2.24, 2.45) is 0 Å². The fourth-order valence-corrected chi connectivity index (χ4v) is 2.70. The normalized spacial score (nSPS) is 11.0. The van der Waals surface area contributed by atoms with E-state index in [0.717, 1.165) is 11.4 Å². The van der Waals surface area contributed by atoms with Crippen molar-refractivity contribution in [1.29, 1.82) is 0 Å². The molecule has 0 saturated carbocycles. The summed E-state index contributed by atoms with van der Waals surface area (Å²) in [5.41, 5.74) is 8.04. The van der Waals surface area contributed by atoms with Gasteiger partial charge in [0.2, 0.25) is 0 Å². The van der Waals surface area contributed by atoms with E-state index in [4.69, 9.17) is 12.2 Å². The molecule has 0 radical (unpaired) electrons. The zero-order chi connectivity index (χ0) is 17.9. The largest absolute Gasteiger partial charge is 0.357 e. The quantitative estimate of drug-likeness (QED) is 0.576. The van der Waals surface area contributed by atoms with Crippen LogP contribution < -0.4 is 16.2 Å². The number of benzene rings is 1. The Morgan fingerprint density at radius 1 is 1.12 bits per heavy atom. The lowest BCUT2D eigenvalue weighted by molar-refractivity contribution is 0.0942. The molecular formula is C17H23N5OS. The molecular weight excluding hydrogens is 322 g/mol. The highest BCUT2D eigenvalue weighted by Crippen LogP contribution is 2.17. The highest BCUT2D eigenvalue weighted by Gasteiger charge is 2.20. The molecule has 6 nitrogen and oxygen atoms in total. The minimum absolute atomic E-state index is 0.182. The van der Waals surface area contributed by atoms with Crippen molar-refractivity contribution in [3.63, 3.8) is 0 Å². The number of carbonyl (C=O) groups is 1. The summed E-state index contributed by atoms with van der Waals surface area (Å²) in [7, 11) is 0. The van der Waals surface area contributed by atoms with Crippen LogP contribution in [0.3, 0.4) is 0 Å². The maximum atomic E-state index is 12.5. The molecule has 128 valence electrons. The number of rotatable bonds is 2. The molecule has 0 spiro atoms. The molecule has 0 unspecified atom stereocenters. The van der Waals surface area contributed by atoms with Crippen LogP contribution in [0.25, 0.3) is 5.69 Å². The maximum Gasteiger partial charge on any atom is 0.273 e. The van der Waals surface area contributed by atoms with Gasteiger partial charge in [0.15, 0.2) is 5.11 Å². The SMILES string of the molecule is Cc1nn(-c2ccccc2)c(C)c1C(=O)NNC(=S)NC(C)(C)C. The minimum Gasteiger partial charge on any atom is -0.357 e. The fraction of sp³-hybridized carbons (Fsp3) is 0.353. The van der Waals surface area contributed by atoms with Gasteiger partial charge >= 0.3 is 0 Å². The number of amides is 1. The average Bonchev–Trinajstić information content (AvgIpc) is 2.79. The van der Waals surface area contributed by atoms with E-state index >= 15 is 0 Å². The van der Waals surface area contributed by atoms with Crippen LogP contribution in [-0.2, 0) is 0 Å². The van der Waals surface area contributed by atoms with Crippen LogP contribution in [0.2, 0.25) is 0 Å². The van der Waals surface area contributed by atoms with Crippen molar-refractivity contribution in [3.05, 3.63) is 47.3 Å². The van der Waals surface area contributed by atoms with Gasteiger partial charge in [-0.15, -0.1) is 0 Å². The van der Waals surface area contributed by atoms with Crippen LogP contribution in [0, 0.1) is 13.8 Å². The number of nitrogens with zero attached hydrogens (tertiary/aromatic N) is 2. The lowest BCUT2D eigenvalue weighted by Gasteiger charge is -2.23. The summed E-state index contributed by atoms with van der Waals surface area (Å²) in [5, 5.41) is 7.90. The Hall–Kier alpha value is -2.41. The molecule has 3 N–H and O–H groups in total. The summed E-state index contributed by atoms with van der Waals surface area (Å²) in [5.74, 6) is -0.273. The lowest BCUT2D eigenvalue weighted by atomic mass is 10.1. The third-order valence-corrected chi connectivity index (χ3v) is 3.50. The molecule has 24 heavy (non-hydrogen) atoms. The van der Waals surface area contributed by atoms with Crippen molar-refractivity contribution in [2.45, 2.75) is 40.2 Å². The smallest absolute Gasteiger partial charge is 0.273 e. The predicted molar refractivity (Wildman–Crippen MR) is 99.1 cm³/mol. The number of hydrogen-bond donors (Lipinski definition) is 3. The molecule has 1 heterocycles. The lowest BCUT2D eigenvalue weighted by Crippen LogP contribution is -2.52. The zero-order valence-corrected chi connectivity index (χ0v) is 15.4. The number of carbonyl (C=O) groups excluding carboxylic acids is 1. The van der Waals surface area contributed by atoms with E-state index in [1.165, 1.54) is 0 Å². The highest BCUT2D eigenvalue weighted by molar-refractivity contribution is 7.80. The second kappa shape index (κ2) is 7.00. The van der Waals surface area contributed by atoms with E-state index in [1.807, 2.05) is 65.0 Å². The van der Waals surface area contributed by atoms with Crippen molar-refractivity contribution >= 4 is 23.2 Å². The van der Waals surface area contributed by atoms with Crippen LogP contribution in [0.5, 0.6) is 0 Å². The number of para-hydroxylation sites is 1. The Labute approximate surface area is 147 Å². The second-order valence-corrected chi connectivity index (χ2v) is 6.98. The number of thiocarbonyl (C=S) groups is 1. The highest BCUT2D eigenvalue weighted by atomic mass is 32.1. The van der Waals surface area contributed by atoms with E-state index in [9.17, 15) is 4.79 Å². The Bertz CT molecular complexity index is 746. The standard InChI is InChI=1S/C17H23N5OS/c1-11-14(15(23)19-20-16(24)18-17(3,4)5)12(2)22(21-11)13-9-7-6-8-10-13/h6-10H,1-5H3,(H,19,23)(H2,18,20,24). The first-order chi connectivity index (χ1) is 11.2. The first-order valence-electron chi connectivity index (χ1n) is 7.69. The van der Waals surface area contributed by atoms with E-state index < -0.39 is 0 Å². The molecule has 1 amide bonds. The molecule has 0 aliphatic rings. The molecule has 0 aliphatic carbocycles. The minimum atomic E-state index is -0.273.